The third-order valence-corrected chi connectivity index (χ3v) is 6.59. The van der Waals surface area contributed by atoms with Crippen molar-refractivity contribution in [1.82, 2.24) is 10.1 Å². The molecule has 1 N–H and O–H groups in total. The lowest BCUT2D eigenvalue weighted by Crippen LogP contribution is -2.27. The summed E-state index contributed by atoms with van der Waals surface area (Å²) in [6.07, 6.45) is 10.6. The van der Waals surface area contributed by atoms with Gasteiger partial charge >= 0.3 is 0 Å². The first-order valence-corrected chi connectivity index (χ1v) is 10.8. The summed E-state index contributed by atoms with van der Waals surface area (Å²) >= 11 is 1.54. The molecule has 26 heavy (non-hydrogen) atoms. The van der Waals surface area contributed by atoms with Crippen LogP contribution in [0.1, 0.15) is 76.5 Å². The first-order valence-electron chi connectivity index (χ1n) is 9.97. The van der Waals surface area contributed by atoms with Crippen LogP contribution in [0, 0.1) is 11.8 Å². The highest BCUT2D eigenvalue weighted by atomic mass is 32.1. The number of thiophene rings is 1. The number of nitrogens with one attached hydrogen (secondary N) is 1. The van der Waals surface area contributed by atoms with E-state index in [1.54, 1.807) is 0 Å². The molecular weight excluding hydrogens is 346 g/mol. The highest BCUT2D eigenvalue weighted by Gasteiger charge is 2.30. The summed E-state index contributed by atoms with van der Waals surface area (Å²) in [6.45, 7) is 2.24. The molecule has 2 aliphatic carbocycles. The third kappa shape index (κ3) is 4.00. The monoisotopic (exact) mass is 373 g/mol. The van der Waals surface area contributed by atoms with Gasteiger partial charge in [-0.3, -0.25) is 4.79 Å². The van der Waals surface area contributed by atoms with Crippen molar-refractivity contribution < 1.29 is 9.32 Å². The maximum absolute atomic E-state index is 12.7. The Balaban J connectivity index is 1.36. The second kappa shape index (κ2) is 7.91. The van der Waals surface area contributed by atoms with Gasteiger partial charge in [-0.05, 0) is 55.9 Å². The zero-order chi connectivity index (χ0) is 17.9. The highest BCUT2D eigenvalue weighted by Crippen LogP contribution is 2.40. The van der Waals surface area contributed by atoms with Gasteiger partial charge in [0.15, 0.2) is 5.82 Å². The second-order valence-corrected chi connectivity index (χ2v) is 8.66. The average Bonchev–Trinajstić information content (AvgIpc) is 3.22. The third-order valence-electron chi connectivity index (χ3n) is 5.69. The van der Waals surface area contributed by atoms with Gasteiger partial charge in [0.25, 0.3) is 5.89 Å². The Kier molecular flexibility index (Phi) is 5.38. The number of carbonyl (C=O) groups is 1. The van der Waals surface area contributed by atoms with E-state index in [9.17, 15) is 4.79 Å². The summed E-state index contributed by atoms with van der Waals surface area (Å²) < 4.78 is 5.43. The number of anilines is 1. The smallest absolute Gasteiger partial charge is 0.270 e. The van der Waals surface area contributed by atoms with E-state index in [1.807, 2.05) is 11.4 Å². The SMILES string of the molecule is CCCCC1CCC(C(=O)Nc2ccsc2-c2nc(C3CC3)no2)CC1. The molecule has 4 rings (SSSR count). The fraction of sp³-hybridized carbons (Fsp3) is 0.650. The average molecular weight is 374 g/mol. The minimum absolute atomic E-state index is 0.130. The molecule has 2 aliphatic rings. The predicted octanol–water partition coefficient (Wildman–Crippen LogP) is 5.61. The standard InChI is InChI=1S/C20H27N3O2S/c1-2-3-4-13-5-7-15(8-6-13)19(24)21-16-11-12-26-17(16)20-22-18(23-25-20)14-9-10-14/h11-15H,2-10H2,1H3,(H,21,24). The van der Waals surface area contributed by atoms with Crippen molar-refractivity contribution in [2.45, 2.75) is 70.6 Å². The fourth-order valence-electron chi connectivity index (χ4n) is 3.85. The Hall–Kier alpha value is -1.69. The van der Waals surface area contributed by atoms with Crippen LogP contribution in [-0.4, -0.2) is 16.0 Å². The number of aromatic nitrogens is 2. The van der Waals surface area contributed by atoms with E-state index in [2.05, 4.69) is 22.4 Å². The van der Waals surface area contributed by atoms with Crippen molar-refractivity contribution in [2.75, 3.05) is 5.32 Å². The normalized spacial score (nSPS) is 23.1. The minimum atomic E-state index is 0.130. The highest BCUT2D eigenvalue weighted by molar-refractivity contribution is 7.14. The number of hydrogen-bond donors (Lipinski definition) is 1. The summed E-state index contributed by atoms with van der Waals surface area (Å²) in [6, 6.07) is 1.94. The van der Waals surface area contributed by atoms with Gasteiger partial charge in [0.1, 0.15) is 4.88 Å². The summed E-state index contributed by atoms with van der Waals surface area (Å²) in [5, 5.41) is 9.17. The van der Waals surface area contributed by atoms with E-state index >= 15 is 0 Å². The minimum Gasteiger partial charge on any atom is -0.333 e. The van der Waals surface area contributed by atoms with Crippen LogP contribution in [0.5, 0.6) is 0 Å². The van der Waals surface area contributed by atoms with Crippen LogP contribution in [0.3, 0.4) is 0 Å². The van der Waals surface area contributed by atoms with E-state index in [0.717, 1.165) is 48.0 Å². The maximum Gasteiger partial charge on any atom is 0.270 e. The zero-order valence-electron chi connectivity index (χ0n) is 15.4. The first kappa shape index (κ1) is 17.7. The van der Waals surface area contributed by atoms with Gasteiger partial charge in [-0.25, -0.2) is 0 Å². The molecule has 0 bridgehead atoms. The molecule has 0 saturated heterocycles. The number of carbonyl (C=O) groups excluding carboxylic acids is 1. The number of unbranched alkanes of at least 4 members (excludes halogenated alkanes) is 1. The van der Waals surface area contributed by atoms with Crippen LogP contribution in [0.2, 0.25) is 0 Å². The fourth-order valence-corrected chi connectivity index (χ4v) is 4.62. The summed E-state index contributed by atoms with van der Waals surface area (Å²) in [7, 11) is 0. The van der Waals surface area contributed by atoms with Gasteiger partial charge in [-0.1, -0.05) is 31.3 Å². The second-order valence-electron chi connectivity index (χ2n) is 7.74. The largest absolute Gasteiger partial charge is 0.333 e. The zero-order valence-corrected chi connectivity index (χ0v) is 16.2. The molecule has 0 unspecified atom stereocenters. The van der Waals surface area contributed by atoms with Crippen molar-refractivity contribution in [3.8, 4) is 10.8 Å². The number of rotatable bonds is 7. The molecule has 1 amide bonds. The van der Waals surface area contributed by atoms with Crippen LogP contribution in [-0.2, 0) is 4.79 Å². The van der Waals surface area contributed by atoms with Crippen molar-refractivity contribution in [1.29, 1.82) is 0 Å². The molecule has 5 nitrogen and oxygen atoms in total. The first-order chi connectivity index (χ1) is 12.7. The summed E-state index contributed by atoms with van der Waals surface area (Å²) in [4.78, 5) is 18.1. The Morgan fingerprint density at radius 3 is 2.81 bits per heavy atom. The Morgan fingerprint density at radius 2 is 2.08 bits per heavy atom. The molecule has 0 aromatic carbocycles. The lowest BCUT2D eigenvalue weighted by Gasteiger charge is -2.27. The summed E-state index contributed by atoms with van der Waals surface area (Å²) in [5.74, 6) is 2.88. The Labute approximate surface area is 158 Å². The quantitative estimate of drug-likeness (QED) is 0.685. The van der Waals surface area contributed by atoms with E-state index in [-0.39, 0.29) is 11.8 Å². The Bertz CT molecular complexity index is 742. The number of hydrogen-bond acceptors (Lipinski definition) is 5. The van der Waals surface area contributed by atoms with Crippen LogP contribution in [0.4, 0.5) is 5.69 Å². The van der Waals surface area contributed by atoms with Crippen LogP contribution in [0.25, 0.3) is 10.8 Å². The molecule has 0 atom stereocenters. The molecule has 2 aromatic rings. The summed E-state index contributed by atoms with van der Waals surface area (Å²) in [5.41, 5.74) is 0.805. The predicted molar refractivity (Wildman–Crippen MR) is 103 cm³/mol. The molecule has 0 aliphatic heterocycles. The van der Waals surface area contributed by atoms with Crippen LogP contribution < -0.4 is 5.32 Å². The van der Waals surface area contributed by atoms with Gasteiger partial charge in [-0.15, -0.1) is 11.3 Å². The van der Waals surface area contributed by atoms with E-state index in [1.165, 1.54) is 43.4 Å². The van der Waals surface area contributed by atoms with Crippen LogP contribution >= 0.6 is 11.3 Å². The van der Waals surface area contributed by atoms with E-state index in [4.69, 9.17) is 4.52 Å². The lowest BCUT2D eigenvalue weighted by molar-refractivity contribution is -0.121. The van der Waals surface area contributed by atoms with E-state index < -0.39 is 0 Å². The number of nitrogens with zero attached hydrogens (tertiary/aromatic N) is 2. The lowest BCUT2D eigenvalue weighted by atomic mass is 9.79. The number of amides is 1. The molecule has 140 valence electrons. The maximum atomic E-state index is 12.7. The van der Waals surface area contributed by atoms with Gasteiger partial charge in [0.2, 0.25) is 5.91 Å². The van der Waals surface area contributed by atoms with Gasteiger partial charge < -0.3 is 9.84 Å². The van der Waals surface area contributed by atoms with Gasteiger partial charge in [0, 0.05) is 11.8 Å². The van der Waals surface area contributed by atoms with E-state index in [0.29, 0.717) is 11.8 Å². The molecule has 6 heteroatoms. The van der Waals surface area contributed by atoms with Crippen molar-refractivity contribution in [3.63, 3.8) is 0 Å². The van der Waals surface area contributed by atoms with Crippen molar-refractivity contribution in [2.24, 2.45) is 11.8 Å². The topological polar surface area (TPSA) is 68.0 Å². The van der Waals surface area contributed by atoms with Gasteiger partial charge in [-0.2, -0.15) is 4.98 Å². The van der Waals surface area contributed by atoms with Crippen molar-refractivity contribution >= 4 is 22.9 Å². The molecule has 0 radical (unpaired) electrons. The van der Waals surface area contributed by atoms with Crippen LogP contribution in [0.15, 0.2) is 16.0 Å². The molecule has 2 aromatic heterocycles. The molecule has 0 spiro atoms. The molecule has 2 fully saturated rings. The van der Waals surface area contributed by atoms with Gasteiger partial charge in [0.05, 0.1) is 5.69 Å². The molecule has 2 heterocycles. The molecular formula is C20H27N3O2S. The Morgan fingerprint density at radius 1 is 1.27 bits per heavy atom. The molecule has 2 saturated carbocycles. The van der Waals surface area contributed by atoms with Crippen molar-refractivity contribution in [3.05, 3.63) is 17.3 Å².